The molecule has 1 atom stereocenters. The number of rotatable bonds is 5. The second-order valence-electron chi connectivity index (χ2n) is 4.48. The average Bonchev–Trinajstić information content (AvgIpc) is 2.48. The van der Waals surface area contributed by atoms with Crippen LogP contribution in [0.1, 0.15) is 18.5 Å². The van der Waals surface area contributed by atoms with Crippen molar-refractivity contribution in [2.24, 2.45) is 0 Å². The molecular weight excluding hydrogens is 257 g/mol. The van der Waals surface area contributed by atoms with Crippen LogP contribution in [0.5, 0.6) is 11.5 Å². The zero-order chi connectivity index (χ0) is 14.5. The molecule has 0 aliphatic rings. The number of halogens is 1. The van der Waals surface area contributed by atoms with Crippen molar-refractivity contribution in [3.05, 3.63) is 53.8 Å². The minimum absolute atomic E-state index is 0.00510. The predicted octanol–water partition coefficient (Wildman–Crippen LogP) is 4.02. The van der Waals surface area contributed by atoms with E-state index in [1.54, 1.807) is 26.4 Å². The van der Waals surface area contributed by atoms with E-state index in [4.69, 9.17) is 9.47 Å². The van der Waals surface area contributed by atoms with Crippen molar-refractivity contribution in [1.82, 2.24) is 0 Å². The number of benzene rings is 2. The number of hydrogen-bond acceptors (Lipinski definition) is 3. The van der Waals surface area contributed by atoms with Crippen molar-refractivity contribution >= 4 is 5.69 Å². The molecule has 1 N–H and O–H groups in total. The maximum atomic E-state index is 12.9. The summed E-state index contributed by atoms with van der Waals surface area (Å²) in [7, 11) is 3.26. The fraction of sp³-hybridized carbons (Fsp3) is 0.250. The van der Waals surface area contributed by atoms with Gasteiger partial charge in [-0.25, -0.2) is 4.39 Å². The summed E-state index contributed by atoms with van der Waals surface area (Å²) in [6.45, 7) is 2.01. The molecule has 0 radical (unpaired) electrons. The third-order valence-corrected chi connectivity index (χ3v) is 3.13. The van der Waals surface area contributed by atoms with Gasteiger partial charge in [-0.2, -0.15) is 0 Å². The molecule has 3 nitrogen and oxygen atoms in total. The van der Waals surface area contributed by atoms with Gasteiger partial charge in [-0.05, 0) is 49.4 Å². The first-order valence-electron chi connectivity index (χ1n) is 6.38. The van der Waals surface area contributed by atoms with Crippen molar-refractivity contribution in [2.75, 3.05) is 19.5 Å². The largest absolute Gasteiger partial charge is 0.497 e. The van der Waals surface area contributed by atoms with Gasteiger partial charge in [0.2, 0.25) is 0 Å². The van der Waals surface area contributed by atoms with Crippen LogP contribution in [0.2, 0.25) is 0 Å². The van der Waals surface area contributed by atoms with Crippen LogP contribution < -0.4 is 14.8 Å². The van der Waals surface area contributed by atoms with Crippen LogP contribution in [0, 0.1) is 5.82 Å². The first-order chi connectivity index (χ1) is 9.63. The van der Waals surface area contributed by atoms with Crippen molar-refractivity contribution in [3.63, 3.8) is 0 Å². The van der Waals surface area contributed by atoms with E-state index in [9.17, 15) is 4.39 Å². The number of ether oxygens (including phenoxy) is 2. The zero-order valence-corrected chi connectivity index (χ0v) is 11.8. The molecule has 0 amide bonds. The Kier molecular flexibility index (Phi) is 4.45. The molecule has 2 aromatic rings. The molecule has 2 rings (SSSR count). The van der Waals surface area contributed by atoms with Crippen LogP contribution in [0.15, 0.2) is 42.5 Å². The van der Waals surface area contributed by atoms with Gasteiger partial charge in [-0.3, -0.25) is 0 Å². The maximum absolute atomic E-state index is 12.9. The number of hydrogen-bond donors (Lipinski definition) is 1. The van der Waals surface area contributed by atoms with E-state index < -0.39 is 0 Å². The third-order valence-electron chi connectivity index (χ3n) is 3.13. The molecule has 4 heteroatoms. The SMILES string of the molecule is COc1ccc(OC)c(C(C)Nc2ccc(F)cc2)c1. The highest BCUT2D eigenvalue weighted by Gasteiger charge is 2.12. The Balaban J connectivity index is 2.23. The van der Waals surface area contributed by atoms with Gasteiger partial charge in [0.15, 0.2) is 0 Å². The molecule has 0 spiro atoms. The smallest absolute Gasteiger partial charge is 0.124 e. The molecule has 0 saturated carbocycles. The Morgan fingerprint density at radius 1 is 1.00 bits per heavy atom. The third kappa shape index (κ3) is 3.20. The first kappa shape index (κ1) is 14.2. The summed E-state index contributed by atoms with van der Waals surface area (Å²) >= 11 is 0. The van der Waals surface area contributed by atoms with Crippen LogP contribution >= 0.6 is 0 Å². The zero-order valence-electron chi connectivity index (χ0n) is 11.8. The van der Waals surface area contributed by atoms with Crippen molar-refractivity contribution in [1.29, 1.82) is 0 Å². The van der Waals surface area contributed by atoms with Gasteiger partial charge in [-0.1, -0.05) is 0 Å². The number of anilines is 1. The normalized spacial score (nSPS) is 11.8. The second-order valence-corrected chi connectivity index (χ2v) is 4.48. The molecule has 0 aliphatic heterocycles. The molecule has 0 aliphatic carbocycles. The standard InChI is InChI=1S/C16H18FNO2/c1-11(18-13-6-4-12(17)5-7-13)15-10-14(19-2)8-9-16(15)20-3/h4-11,18H,1-3H3. The predicted molar refractivity (Wildman–Crippen MR) is 78.0 cm³/mol. The molecule has 0 saturated heterocycles. The van der Waals surface area contributed by atoms with Crippen molar-refractivity contribution in [3.8, 4) is 11.5 Å². The summed E-state index contributed by atoms with van der Waals surface area (Å²) in [4.78, 5) is 0. The van der Waals surface area contributed by atoms with Crippen LogP contribution in [-0.2, 0) is 0 Å². The molecule has 106 valence electrons. The second kappa shape index (κ2) is 6.28. The minimum Gasteiger partial charge on any atom is -0.497 e. The Hall–Kier alpha value is -2.23. The highest BCUT2D eigenvalue weighted by molar-refractivity contribution is 5.49. The van der Waals surface area contributed by atoms with Crippen LogP contribution in [0.25, 0.3) is 0 Å². The molecular formula is C16H18FNO2. The Morgan fingerprint density at radius 2 is 1.70 bits per heavy atom. The van der Waals surface area contributed by atoms with Gasteiger partial charge in [0, 0.05) is 11.3 Å². The van der Waals surface area contributed by atoms with Gasteiger partial charge in [0.1, 0.15) is 17.3 Å². The van der Waals surface area contributed by atoms with Crippen LogP contribution in [0.4, 0.5) is 10.1 Å². The lowest BCUT2D eigenvalue weighted by molar-refractivity contribution is 0.397. The average molecular weight is 275 g/mol. The van der Waals surface area contributed by atoms with Gasteiger partial charge < -0.3 is 14.8 Å². The summed E-state index contributed by atoms with van der Waals surface area (Å²) in [6, 6.07) is 11.9. The van der Waals surface area contributed by atoms with Crippen molar-refractivity contribution in [2.45, 2.75) is 13.0 Å². The Bertz CT molecular complexity index is 569. The Morgan fingerprint density at radius 3 is 2.30 bits per heavy atom. The molecule has 0 fully saturated rings. The summed E-state index contributed by atoms with van der Waals surface area (Å²) in [6.07, 6.45) is 0. The summed E-state index contributed by atoms with van der Waals surface area (Å²) in [5.41, 5.74) is 1.83. The van der Waals surface area contributed by atoms with E-state index in [1.807, 2.05) is 25.1 Å². The van der Waals surface area contributed by atoms with Gasteiger partial charge >= 0.3 is 0 Å². The van der Waals surface area contributed by atoms with Gasteiger partial charge in [0.05, 0.1) is 20.3 Å². The fourth-order valence-electron chi connectivity index (χ4n) is 2.05. The van der Waals surface area contributed by atoms with E-state index in [-0.39, 0.29) is 11.9 Å². The molecule has 1 unspecified atom stereocenters. The molecule has 0 heterocycles. The Labute approximate surface area is 118 Å². The van der Waals surface area contributed by atoms with Gasteiger partial charge in [-0.15, -0.1) is 0 Å². The molecule has 0 aromatic heterocycles. The van der Waals surface area contributed by atoms with E-state index >= 15 is 0 Å². The van der Waals surface area contributed by atoms with E-state index in [0.717, 1.165) is 22.7 Å². The lowest BCUT2D eigenvalue weighted by Crippen LogP contribution is -2.08. The summed E-state index contributed by atoms with van der Waals surface area (Å²) in [5, 5.41) is 3.31. The summed E-state index contributed by atoms with van der Waals surface area (Å²) in [5.74, 6) is 1.31. The van der Waals surface area contributed by atoms with Gasteiger partial charge in [0.25, 0.3) is 0 Å². The lowest BCUT2D eigenvalue weighted by Gasteiger charge is -2.19. The van der Waals surface area contributed by atoms with Crippen LogP contribution in [-0.4, -0.2) is 14.2 Å². The highest BCUT2D eigenvalue weighted by Crippen LogP contribution is 2.31. The van der Waals surface area contributed by atoms with Crippen molar-refractivity contribution < 1.29 is 13.9 Å². The molecule has 0 bridgehead atoms. The van der Waals surface area contributed by atoms with E-state index in [0.29, 0.717) is 0 Å². The van der Waals surface area contributed by atoms with E-state index in [2.05, 4.69) is 5.32 Å². The lowest BCUT2D eigenvalue weighted by atomic mass is 10.1. The fourth-order valence-corrected chi connectivity index (χ4v) is 2.05. The van der Waals surface area contributed by atoms with Crippen LogP contribution in [0.3, 0.4) is 0 Å². The topological polar surface area (TPSA) is 30.5 Å². The first-order valence-corrected chi connectivity index (χ1v) is 6.38. The highest BCUT2D eigenvalue weighted by atomic mass is 19.1. The number of nitrogens with one attached hydrogen (secondary N) is 1. The summed E-state index contributed by atoms with van der Waals surface area (Å²) < 4.78 is 23.5. The minimum atomic E-state index is -0.248. The van der Waals surface area contributed by atoms with E-state index in [1.165, 1.54) is 12.1 Å². The molecule has 20 heavy (non-hydrogen) atoms. The quantitative estimate of drug-likeness (QED) is 0.894. The monoisotopic (exact) mass is 275 g/mol. The molecule has 2 aromatic carbocycles. The maximum Gasteiger partial charge on any atom is 0.124 e. The number of methoxy groups -OCH3 is 2.